The van der Waals surface area contributed by atoms with Crippen LogP contribution in [0.4, 0.5) is 0 Å². The minimum Gasteiger partial charge on any atom is -0.314 e. The molecule has 1 heterocycles. The Hall–Kier alpha value is -0.0400. The Kier molecular flexibility index (Phi) is 4.67. The van der Waals surface area contributed by atoms with Crippen molar-refractivity contribution in [1.82, 2.24) is 5.32 Å². The van der Waals surface area contributed by atoms with Crippen molar-refractivity contribution in [3.8, 4) is 0 Å². The average molecular weight is 169 g/mol. The summed E-state index contributed by atoms with van der Waals surface area (Å²) in [6.07, 6.45) is 8.46. The molecule has 0 unspecified atom stereocenters. The summed E-state index contributed by atoms with van der Waals surface area (Å²) in [5, 5.41) is 3.59. The van der Waals surface area contributed by atoms with E-state index < -0.39 is 0 Å². The average Bonchev–Trinajstić information content (AvgIpc) is 2.05. The topological polar surface area (TPSA) is 12.0 Å². The van der Waals surface area contributed by atoms with Crippen LogP contribution >= 0.6 is 0 Å². The van der Waals surface area contributed by atoms with Gasteiger partial charge in [-0.3, -0.25) is 0 Å². The smallest absolute Gasteiger partial charge is 0.00670 e. The molecule has 0 spiro atoms. The molecule has 0 amide bonds. The molecule has 1 rings (SSSR count). The van der Waals surface area contributed by atoms with E-state index in [4.69, 9.17) is 0 Å². The predicted molar refractivity (Wildman–Crippen MR) is 54.3 cm³/mol. The molecule has 1 aliphatic heterocycles. The second-order valence-electron chi connectivity index (χ2n) is 4.47. The van der Waals surface area contributed by atoms with Crippen LogP contribution in [0, 0.1) is 5.92 Å². The van der Waals surface area contributed by atoms with E-state index in [9.17, 15) is 0 Å². The first-order valence-corrected chi connectivity index (χ1v) is 5.52. The molecule has 1 N–H and O–H groups in total. The lowest BCUT2D eigenvalue weighted by atomic mass is 9.97. The minimum atomic E-state index is 0.845. The Morgan fingerprint density at radius 3 is 2.75 bits per heavy atom. The van der Waals surface area contributed by atoms with Gasteiger partial charge in [0.05, 0.1) is 0 Å². The van der Waals surface area contributed by atoms with Crippen molar-refractivity contribution >= 4 is 0 Å². The molecule has 0 aromatic heterocycles. The third kappa shape index (κ3) is 4.10. The molecule has 0 aromatic carbocycles. The van der Waals surface area contributed by atoms with Crippen LogP contribution in [0.5, 0.6) is 0 Å². The summed E-state index contributed by atoms with van der Waals surface area (Å²) >= 11 is 0. The van der Waals surface area contributed by atoms with Gasteiger partial charge in [-0.15, -0.1) is 0 Å². The van der Waals surface area contributed by atoms with E-state index in [-0.39, 0.29) is 0 Å². The number of rotatable bonds is 4. The first-order valence-electron chi connectivity index (χ1n) is 5.52. The number of hydrogen-bond acceptors (Lipinski definition) is 1. The minimum absolute atomic E-state index is 0.845. The van der Waals surface area contributed by atoms with Crippen LogP contribution in [0.15, 0.2) is 0 Å². The van der Waals surface area contributed by atoms with E-state index in [0.29, 0.717) is 0 Å². The van der Waals surface area contributed by atoms with Crippen LogP contribution in [0.1, 0.15) is 52.4 Å². The van der Waals surface area contributed by atoms with Crippen LogP contribution in [0.25, 0.3) is 0 Å². The molecule has 0 saturated carbocycles. The molecule has 0 aromatic rings. The van der Waals surface area contributed by atoms with Gasteiger partial charge in [-0.25, -0.2) is 0 Å². The summed E-state index contributed by atoms with van der Waals surface area (Å²) in [6.45, 7) is 5.88. The molecule has 1 atom stereocenters. The summed E-state index contributed by atoms with van der Waals surface area (Å²) in [4.78, 5) is 0. The van der Waals surface area contributed by atoms with Crippen LogP contribution in [-0.4, -0.2) is 12.6 Å². The SMILES string of the molecule is CC(C)CCC[C@H]1CCCCN1. The van der Waals surface area contributed by atoms with Crippen LogP contribution < -0.4 is 5.32 Å². The lowest BCUT2D eigenvalue weighted by Gasteiger charge is -2.23. The summed E-state index contributed by atoms with van der Waals surface area (Å²) in [6, 6.07) is 0.845. The lowest BCUT2D eigenvalue weighted by molar-refractivity contribution is 0.364. The Labute approximate surface area is 76.9 Å². The fraction of sp³-hybridized carbons (Fsp3) is 1.00. The maximum Gasteiger partial charge on any atom is 0.00670 e. The molecule has 12 heavy (non-hydrogen) atoms. The van der Waals surface area contributed by atoms with Crippen molar-refractivity contribution < 1.29 is 0 Å². The summed E-state index contributed by atoms with van der Waals surface area (Å²) in [5.41, 5.74) is 0. The van der Waals surface area contributed by atoms with Gasteiger partial charge in [-0.05, 0) is 31.7 Å². The fourth-order valence-corrected chi connectivity index (χ4v) is 1.94. The monoisotopic (exact) mass is 169 g/mol. The molecule has 1 fully saturated rings. The molecule has 1 nitrogen and oxygen atoms in total. The maximum atomic E-state index is 3.59. The van der Waals surface area contributed by atoms with Gasteiger partial charge in [0.1, 0.15) is 0 Å². The third-order valence-corrected chi connectivity index (χ3v) is 2.75. The highest BCUT2D eigenvalue weighted by Crippen LogP contribution is 2.14. The zero-order valence-electron chi connectivity index (χ0n) is 8.60. The Balaban J connectivity index is 1.98. The standard InChI is InChI=1S/C11H23N/c1-10(2)6-5-8-11-7-3-4-9-12-11/h10-12H,3-9H2,1-2H3/t11-/m1/s1. The zero-order chi connectivity index (χ0) is 8.81. The summed E-state index contributed by atoms with van der Waals surface area (Å²) in [7, 11) is 0. The zero-order valence-corrected chi connectivity index (χ0v) is 8.60. The van der Waals surface area contributed by atoms with Gasteiger partial charge in [0.25, 0.3) is 0 Å². The van der Waals surface area contributed by atoms with Crippen LogP contribution in [0.2, 0.25) is 0 Å². The lowest BCUT2D eigenvalue weighted by Crippen LogP contribution is -2.33. The van der Waals surface area contributed by atoms with Gasteiger partial charge in [-0.2, -0.15) is 0 Å². The van der Waals surface area contributed by atoms with E-state index >= 15 is 0 Å². The molecule has 1 aliphatic rings. The molecule has 0 aliphatic carbocycles. The molecule has 72 valence electrons. The Bertz CT molecular complexity index is 104. The molecule has 1 saturated heterocycles. The van der Waals surface area contributed by atoms with Gasteiger partial charge >= 0.3 is 0 Å². The van der Waals surface area contributed by atoms with Gasteiger partial charge < -0.3 is 5.32 Å². The highest BCUT2D eigenvalue weighted by molar-refractivity contribution is 4.71. The highest BCUT2D eigenvalue weighted by atomic mass is 14.9. The van der Waals surface area contributed by atoms with Crippen LogP contribution in [-0.2, 0) is 0 Å². The van der Waals surface area contributed by atoms with E-state index in [1.165, 1.54) is 45.1 Å². The number of nitrogens with one attached hydrogen (secondary N) is 1. The second-order valence-corrected chi connectivity index (χ2v) is 4.47. The molecular weight excluding hydrogens is 146 g/mol. The first kappa shape index (κ1) is 10.0. The van der Waals surface area contributed by atoms with Crippen molar-refractivity contribution in [3.63, 3.8) is 0 Å². The number of hydrogen-bond donors (Lipinski definition) is 1. The van der Waals surface area contributed by atoms with Crippen molar-refractivity contribution in [1.29, 1.82) is 0 Å². The fourth-order valence-electron chi connectivity index (χ4n) is 1.94. The van der Waals surface area contributed by atoms with Crippen molar-refractivity contribution in [3.05, 3.63) is 0 Å². The molecule has 0 radical (unpaired) electrons. The van der Waals surface area contributed by atoms with Gasteiger partial charge in [0.2, 0.25) is 0 Å². The second kappa shape index (κ2) is 5.58. The Morgan fingerprint density at radius 2 is 2.17 bits per heavy atom. The van der Waals surface area contributed by atoms with E-state index in [1.54, 1.807) is 0 Å². The Morgan fingerprint density at radius 1 is 1.33 bits per heavy atom. The van der Waals surface area contributed by atoms with Crippen molar-refractivity contribution in [2.24, 2.45) is 5.92 Å². The van der Waals surface area contributed by atoms with Gasteiger partial charge in [0.15, 0.2) is 0 Å². The largest absolute Gasteiger partial charge is 0.314 e. The molecular formula is C11H23N. The molecule has 0 bridgehead atoms. The molecule has 1 heteroatoms. The van der Waals surface area contributed by atoms with E-state index in [2.05, 4.69) is 19.2 Å². The maximum absolute atomic E-state index is 3.59. The normalized spacial score (nSPS) is 24.8. The summed E-state index contributed by atoms with van der Waals surface area (Å²) < 4.78 is 0. The summed E-state index contributed by atoms with van der Waals surface area (Å²) in [5.74, 6) is 0.883. The quantitative estimate of drug-likeness (QED) is 0.682. The highest BCUT2D eigenvalue weighted by Gasteiger charge is 2.11. The first-order chi connectivity index (χ1) is 5.79. The van der Waals surface area contributed by atoms with Crippen molar-refractivity contribution in [2.45, 2.75) is 58.4 Å². The predicted octanol–water partition coefficient (Wildman–Crippen LogP) is 2.95. The van der Waals surface area contributed by atoms with E-state index in [0.717, 1.165) is 12.0 Å². The van der Waals surface area contributed by atoms with Gasteiger partial charge in [-0.1, -0.05) is 33.1 Å². The van der Waals surface area contributed by atoms with E-state index in [1.807, 2.05) is 0 Å². The van der Waals surface area contributed by atoms with Crippen molar-refractivity contribution in [2.75, 3.05) is 6.54 Å². The van der Waals surface area contributed by atoms with Gasteiger partial charge in [0, 0.05) is 6.04 Å². The third-order valence-electron chi connectivity index (χ3n) is 2.75. The number of piperidine rings is 1. The van der Waals surface area contributed by atoms with Crippen LogP contribution in [0.3, 0.4) is 0 Å².